The normalized spacial score (nSPS) is 11.6. The fourth-order valence-electron chi connectivity index (χ4n) is 2.72. The third-order valence-electron chi connectivity index (χ3n) is 3.89. The number of hydrogen-bond acceptors (Lipinski definition) is 2. The van der Waals surface area contributed by atoms with E-state index >= 15 is 0 Å². The molecule has 0 aliphatic rings. The molecule has 0 saturated heterocycles. The monoisotopic (exact) mass is 329 g/mol. The van der Waals surface area contributed by atoms with Crippen LogP contribution in [0.5, 0.6) is 0 Å². The van der Waals surface area contributed by atoms with E-state index in [0.29, 0.717) is 0 Å². The number of rotatable bonds is 6. The third kappa shape index (κ3) is 4.10. The van der Waals surface area contributed by atoms with Crippen LogP contribution >= 0.6 is 0 Å². The van der Waals surface area contributed by atoms with Crippen LogP contribution in [-0.2, 0) is 6.54 Å². The van der Waals surface area contributed by atoms with E-state index in [9.17, 15) is 8.78 Å². The molecule has 0 aliphatic heterocycles. The van der Waals surface area contributed by atoms with Crippen molar-refractivity contribution in [2.75, 3.05) is 0 Å². The maximum Gasteiger partial charge on any atom is 0.137 e. The lowest BCUT2D eigenvalue weighted by Crippen LogP contribution is -2.12. The lowest BCUT2D eigenvalue weighted by Gasteiger charge is -2.18. The van der Waals surface area contributed by atoms with Gasteiger partial charge in [0.1, 0.15) is 24.3 Å². The van der Waals surface area contributed by atoms with Crippen LogP contribution in [0.3, 0.4) is 0 Å². The Labute approximate surface area is 135 Å². The van der Waals surface area contributed by atoms with Crippen LogP contribution in [0.2, 0.25) is 6.04 Å². The third-order valence-corrected chi connectivity index (χ3v) is 6.14. The molecular weight excluding hydrogens is 312 g/mol. The summed E-state index contributed by atoms with van der Waals surface area (Å²) in [5.41, 5.74) is 2.41. The molecule has 0 fully saturated rings. The smallest absolute Gasteiger partial charge is 0.137 e. The van der Waals surface area contributed by atoms with Crippen LogP contribution in [0.15, 0.2) is 61.2 Å². The first-order valence-corrected chi connectivity index (χ1v) is 9.37. The molecule has 1 aromatic heterocycles. The average Bonchev–Trinajstić information content (AvgIpc) is 3.07. The van der Waals surface area contributed by atoms with E-state index in [0.717, 1.165) is 23.7 Å². The largest absolute Gasteiger partial charge is 0.253 e. The summed E-state index contributed by atoms with van der Waals surface area (Å²) >= 11 is 0. The second-order valence-electron chi connectivity index (χ2n) is 5.46. The Morgan fingerprint density at radius 1 is 0.913 bits per heavy atom. The zero-order chi connectivity index (χ0) is 16.1. The molecule has 3 rings (SSSR count). The van der Waals surface area contributed by atoms with Gasteiger partial charge in [0.15, 0.2) is 0 Å². The lowest BCUT2D eigenvalue weighted by molar-refractivity contribution is 0.626. The number of halogens is 2. The Kier molecular flexibility index (Phi) is 4.92. The van der Waals surface area contributed by atoms with Crippen molar-refractivity contribution in [2.45, 2.75) is 18.1 Å². The molecule has 118 valence electrons. The molecule has 23 heavy (non-hydrogen) atoms. The van der Waals surface area contributed by atoms with Crippen LogP contribution < -0.4 is 0 Å². The SMILES string of the molecule is Fc1ccc(C([SiH2]CCn2cncn2)c2ccc(F)cc2)cc1. The van der Waals surface area contributed by atoms with Crippen molar-refractivity contribution in [3.63, 3.8) is 0 Å². The van der Waals surface area contributed by atoms with Crippen molar-refractivity contribution in [1.29, 1.82) is 0 Å². The Morgan fingerprint density at radius 3 is 1.96 bits per heavy atom. The molecule has 3 nitrogen and oxygen atoms in total. The van der Waals surface area contributed by atoms with E-state index in [-0.39, 0.29) is 17.2 Å². The summed E-state index contributed by atoms with van der Waals surface area (Å²) in [7, 11) is -0.552. The molecule has 0 atom stereocenters. The van der Waals surface area contributed by atoms with Crippen molar-refractivity contribution in [1.82, 2.24) is 14.8 Å². The molecule has 0 bridgehead atoms. The van der Waals surface area contributed by atoms with E-state index in [1.807, 2.05) is 28.9 Å². The van der Waals surface area contributed by atoms with Crippen molar-refractivity contribution < 1.29 is 8.78 Å². The zero-order valence-electron chi connectivity index (χ0n) is 12.6. The van der Waals surface area contributed by atoms with E-state index in [2.05, 4.69) is 10.1 Å². The van der Waals surface area contributed by atoms with Gasteiger partial charge in [-0.2, -0.15) is 5.10 Å². The topological polar surface area (TPSA) is 30.7 Å². The highest BCUT2D eigenvalue weighted by Gasteiger charge is 2.15. The van der Waals surface area contributed by atoms with E-state index in [1.165, 1.54) is 30.6 Å². The summed E-state index contributed by atoms with van der Waals surface area (Å²) in [5, 5.41) is 4.11. The number of hydrogen-bond donors (Lipinski definition) is 0. The van der Waals surface area contributed by atoms with Gasteiger partial charge >= 0.3 is 0 Å². The predicted molar refractivity (Wildman–Crippen MR) is 88.0 cm³/mol. The first-order chi connectivity index (χ1) is 11.2. The molecule has 0 radical (unpaired) electrons. The predicted octanol–water partition coefficient (Wildman–Crippen LogP) is 2.93. The van der Waals surface area contributed by atoms with Gasteiger partial charge in [-0.15, -0.1) is 0 Å². The first kappa shape index (κ1) is 15.5. The Hall–Kier alpha value is -2.34. The fraction of sp³-hybridized carbons (Fsp3) is 0.176. The Bertz CT molecular complexity index is 682. The van der Waals surface area contributed by atoms with E-state index in [1.54, 1.807) is 6.33 Å². The fourth-order valence-corrected chi connectivity index (χ4v) is 4.85. The van der Waals surface area contributed by atoms with Crippen LogP contribution in [0.1, 0.15) is 16.7 Å². The molecule has 0 aliphatic carbocycles. The molecule has 0 spiro atoms. The zero-order valence-corrected chi connectivity index (χ0v) is 14.0. The van der Waals surface area contributed by atoms with Gasteiger partial charge in [0.25, 0.3) is 0 Å². The van der Waals surface area contributed by atoms with Gasteiger partial charge < -0.3 is 0 Å². The summed E-state index contributed by atoms with van der Waals surface area (Å²) in [6.45, 7) is 0.825. The summed E-state index contributed by atoms with van der Waals surface area (Å²) in [5.74, 6) is -0.480. The molecular formula is C17H17F2N3Si. The molecule has 3 aromatic rings. The number of aromatic nitrogens is 3. The Balaban J connectivity index is 1.77. The molecule has 0 amide bonds. The van der Waals surface area contributed by atoms with Gasteiger partial charge in [-0.1, -0.05) is 24.3 Å². The maximum absolute atomic E-state index is 13.2. The van der Waals surface area contributed by atoms with Crippen LogP contribution in [0.4, 0.5) is 8.78 Å². The lowest BCUT2D eigenvalue weighted by atomic mass is 10.0. The van der Waals surface area contributed by atoms with Gasteiger partial charge in [0.05, 0.1) is 0 Å². The highest BCUT2D eigenvalue weighted by atomic mass is 28.2. The minimum Gasteiger partial charge on any atom is -0.253 e. The van der Waals surface area contributed by atoms with Gasteiger partial charge in [0, 0.05) is 16.1 Å². The van der Waals surface area contributed by atoms with Gasteiger partial charge in [-0.05, 0) is 47.0 Å². The second kappa shape index (κ2) is 7.28. The summed E-state index contributed by atoms with van der Waals surface area (Å²) in [4.78, 5) is 3.94. The quantitative estimate of drug-likeness (QED) is 0.651. The minimum absolute atomic E-state index is 0.236. The molecule has 0 saturated carbocycles. The maximum atomic E-state index is 13.2. The molecule has 0 unspecified atom stereocenters. The van der Waals surface area contributed by atoms with Crippen molar-refractivity contribution in [3.8, 4) is 0 Å². The molecule has 1 heterocycles. The van der Waals surface area contributed by atoms with Crippen molar-refractivity contribution in [3.05, 3.63) is 83.9 Å². The summed E-state index contributed by atoms with van der Waals surface area (Å²) in [6.07, 6.45) is 3.23. The van der Waals surface area contributed by atoms with Crippen LogP contribution in [0.25, 0.3) is 0 Å². The highest BCUT2D eigenvalue weighted by molar-refractivity contribution is 6.39. The molecule has 6 heteroatoms. The van der Waals surface area contributed by atoms with E-state index in [4.69, 9.17) is 0 Å². The standard InChI is InChI=1S/C17H17F2N3Si/c18-15-5-1-13(2-6-15)17(14-3-7-16(19)8-4-14)23-10-9-22-12-20-11-21-22/h1-8,11-12,17H,9-10,23H2. The number of nitrogens with zero attached hydrogens (tertiary/aromatic N) is 3. The summed E-state index contributed by atoms with van der Waals surface area (Å²) in [6, 6.07) is 14.3. The highest BCUT2D eigenvalue weighted by Crippen LogP contribution is 2.25. The average molecular weight is 329 g/mol. The first-order valence-electron chi connectivity index (χ1n) is 7.56. The van der Waals surface area contributed by atoms with Crippen LogP contribution in [-0.4, -0.2) is 24.3 Å². The van der Waals surface area contributed by atoms with Crippen molar-refractivity contribution in [2.24, 2.45) is 0 Å². The number of benzene rings is 2. The Morgan fingerprint density at radius 2 is 1.48 bits per heavy atom. The number of aryl methyl sites for hydroxylation is 1. The molecule has 0 N–H and O–H groups in total. The van der Waals surface area contributed by atoms with Gasteiger partial charge in [-0.3, -0.25) is 4.68 Å². The van der Waals surface area contributed by atoms with Crippen molar-refractivity contribution >= 4 is 9.52 Å². The molecule has 2 aromatic carbocycles. The minimum atomic E-state index is -0.552. The second-order valence-corrected chi connectivity index (χ2v) is 7.56. The van der Waals surface area contributed by atoms with E-state index < -0.39 is 9.52 Å². The van der Waals surface area contributed by atoms with Gasteiger partial charge in [-0.25, -0.2) is 13.8 Å². The summed E-state index contributed by atoms with van der Waals surface area (Å²) < 4.78 is 28.2. The van der Waals surface area contributed by atoms with Crippen LogP contribution in [0, 0.1) is 11.6 Å². The van der Waals surface area contributed by atoms with Gasteiger partial charge in [0.2, 0.25) is 0 Å².